The Morgan fingerprint density at radius 3 is 2.38 bits per heavy atom. The molecule has 1 aromatic carbocycles. The zero-order valence-corrected chi connectivity index (χ0v) is 11.2. The van der Waals surface area contributed by atoms with E-state index in [-0.39, 0.29) is 0 Å². The van der Waals surface area contributed by atoms with E-state index in [0.717, 1.165) is 29.1 Å². The van der Waals surface area contributed by atoms with Crippen LogP contribution in [0, 0.1) is 0 Å². The van der Waals surface area contributed by atoms with E-state index < -0.39 is 0 Å². The second kappa shape index (κ2) is 6.18. The molecule has 0 aliphatic carbocycles. The minimum Gasteiger partial charge on any atom is -0.398 e. The van der Waals surface area contributed by atoms with Crippen molar-refractivity contribution in [1.29, 1.82) is 0 Å². The Kier molecular flexibility index (Phi) is 5.19. The zero-order chi connectivity index (χ0) is 12.1. The van der Waals surface area contributed by atoms with Crippen LogP contribution in [0.5, 0.6) is 0 Å². The van der Waals surface area contributed by atoms with Crippen LogP contribution in [0.4, 0.5) is 0 Å². The molecule has 0 saturated heterocycles. The molecule has 16 heavy (non-hydrogen) atoms. The van der Waals surface area contributed by atoms with E-state index >= 15 is 0 Å². The van der Waals surface area contributed by atoms with E-state index in [1.165, 1.54) is 0 Å². The maximum absolute atomic E-state index is 6.02. The van der Waals surface area contributed by atoms with Gasteiger partial charge in [0.15, 0.2) is 0 Å². The summed E-state index contributed by atoms with van der Waals surface area (Å²) in [5.74, 6) is 0. The van der Waals surface area contributed by atoms with Gasteiger partial charge >= 0.3 is 0 Å². The van der Waals surface area contributed by atoms with Gasteiger partial charge in [-0.25, -0.2) is 0 Å². The smallest absolute Gasteiger partial charge is 0.0482 e. The van der Waals surface area contributed by atoms with Crippen LogP contribution in [-0.2, 0) is 0 Å². The van der Waals surface area contributed by atoms with E-state index in [9.17, 15) is 0 Å². The summed E-state index contributed by atoms with van der Waals surface area (Å²) in [5, 5.41) is 0.713. The lowest BCUT2D eigenvalue weighted by Crippen LogP contribution is -2.13. The summed E-state index contributed by atoms with van der Waals surface area (Å²) in [4.78, 5) is 3.02. The molecule has 4 heteroatoms. The maximum atomic E-state index is 6.02. The Bertz CT molecular complexity index is 371. The first-order chi connectivity index (χ1) is 7.50. The average Bonchev–Trinajstić information content (AvgIpc) is 2.26. The number of halogens is 1. The SMILES string of the molecule is CN(C)CC/C(S)=C(/N)c1ccc(Cl)cc1. The number of thiol groups is 1. The van der Waals surface area contributed by atoms with Crippen LogP contribution in [0.1, 0.15) is 12.0 Å². The second-order valence-corrected chi connectivity index (χ2v) is 4.90. The van der Waals surface area contributed by atoms with E-state index in [2.05, 4.69) is 17.5 Å². The highest BCUT2D eigenvalue weighted by atomic mass is 35.5. The number of nitrogens with zero attached hydrogens (tertiary/aromatic N) is 1. The fraction of sp³-hybridized carbons (Fsp3) is 0.333. The van der Waals surface area contributed by atoms with Gasteiger partial charge in [0.2, 0.25) is 0 Å². The lowest BCUT2D eigenvalue weighted by atomic mass is 10.1. The number of rotatable bonds is 4. The summed E-state index contributed by atoms with van der Waals surface area (Å²) >= 11 is 10.2. The monoisotopic (exact) mass is 256 g/mol. The third-order valence-corrected chi connectivity index (χ3v) is 2.98. The predicted octanol–water partition coefficient (Wildman–Crippen LogP) is 2.85. The lowest BCUT2D eigenvalue weighted by Gasteiger charge is -2.11. The first-order valence-electron chi connectivity index (χ1n) is 5.09. The molecule has 0 fully saturated rings. The molecule has 0 spiro atoms. The largest absolute Gasteiger partial charge is 0.398 e. The summed E-state index contributed by atoms with van der Waals surface area (Å²) in [7, 11) is 4.05. The maximum Gasteiger partial charge on any atom is 0.0482 e. The Morgan fingerprint density at radius 1 is 1.31 bits per heavy atom. The fourth-order valence-corrected chi connectivity index (χ4v) is 1.62. The van der Waals surface area contributed by atoms with Crippen molar-refractivity contribution in [2.24, 2.45) is 5.73 Å². The number of hydrogen-bond donors (Lipinski definition) is 2. The van der Waals surface area contributed by atoms with Crippen molar-refractivity contribution >= 4 is 29.9 Å². The van der Waals surface area contributed by atoms with Gasteiger partial charge in [-0.3, -0.25) is 0 Å². The van der Waals surface area contributed by atoms with Gasteiger partial charge in [-0.1, -0.05) is 23.7 Å². The molecule has 0 aliphatic rings. The Hall–Kier alpha value is -0.640. The van der Waals surface area contributed by atoms with E-state index in [0.29, 0.717) is 5.02 Å². The molecular weight excluding hydrogens is 240 g/mol. The van der Waals surface area contributed by atoms with Crippen LogP contribution >= 0.6 is 24.2 Å². The third kappa shape index (κ3) is 4.08. The van der Waals surface area contributed by atoms with Crippen LogP contribution in [-0.4, -0.2) is 25.5 Å². The minimum atomic E-state index is 0.713. The minimum absolute atomic E-state index is 0.713. The first kappa shape index (κ1) is 13.4. The van der Waals surface area contributed by atoms with Crippen molar-refractivity contribution in [3.63, 3.8) is 0 Å². The predicted molar refractivity (Wildman–Crippen MR) is 74.7 cm³/mol. The van der Waals surface area contributed by atoms with Crippen LogP contribution in [0.3, 0.4) is 0 Å². The molecule has 2 nitrogen and oxygen atoms in total. The molecule has 0 unspecified atom stereocenters. The van der Waals surface area contributed by atoms with Crippen molar-refractivity contribution in [2.45, 2.75) is 6.42 Å². The average molecular weight is 257 g/mol. The van der Waals surface area contributed by atoms with Gasteiger partial charge in [0, 0.05) is 22.2 Å². The zero-order valence-electron chi connectivity index (χ0n) is 9.57. The normalized spacial score (nSPS) is 12.8. The summed E-state index contributed by atoms with van der Waals surface area (Å²) in [6, 6.07) is 7.47. The van der Waals surface area contributed by atoms with Crippen molar-refractivity contribution < 1.29 is 0 Å². The van der Waals surface area contributed by atoms with Gasteiger partial charge in [0.05, 0.1) is 0 Å². The Morgan fingerprint density at radius 2 is 1.88 bits per heavy atom. The quantitative estimate of drug-likeness (QED) is 0.812. The van der Waals surface area contributed by atoms with Crippen LogP contribution in [0.2, 0.25) is 5.02 Å². The van der Waals surface area contributed by atoms with Crippen molar-refractivity contribution in [3.05, 3.63) is 39.8 Å². The summed E-state index contributed by atoms with van der Waals surface area (Å²) in [6.45, 7) is 0.938. The molecular formula is C12H17ClN2S. The molecule has 1 rings (SSSR count). The van der Waals surface area contributed by atoms with Gasteiger partial charge < -0.3 is 10.6 Å². The van der Waals surface area contributed by atoms with Gasteiger partial charge in [0.1, 0.15) is 0 Å². The highest BCUT2D eigenvalue weighted by molar-refractivity contribution is 7.84. The summed E-state index contributed by atoms with van der Waals surface area (Å²) < 4.78 is 0. The topological polar surface area (TPSA) is 29.3 Å². The summed E-state index contributed by atoms with van der Waals surface area (Å²) in [5.41, 5.74) is 7.71. The third-order valence-electron chi connectivity index (χ3n) is 2.26. The highest BCUT2D eigenvalue weighted by Crippen LogP contribution is 2.20. The number of hydrogen-bond acceptors (Lipinski definition) is 3. The molecule has 0 aliphatic heterocycles. The number of benzene rings is 1. The molecule has 0 amide bonds. The van der Waals surface area contributed by atoms with Gasteiger partial charge in [-0.15, -0.1) is 12.6 Å². The van der Waals surface area contributed by atoms with Crippen LogP contribution < -0.4 is 5.73 Å². The van der Waals surface area contributed by atoms with Gasteiger partial charge in [-0.05, 0) is 38.2 Å². The van der Waals surface area contributed by atoms with Gasteiger partial charge in [-0.2, -0.15) is 0 Å². The second-order valence-electron chi connectivity index (χ2n) is 3.92. The Balaban J connectivity index is 2.78. The molecule has 0 bridgehead atoms. The molecule has 0 heterocycles. The van der Waals surface area contributed by atoms with Gasteiger partial charge in [0.25, 0.3) is 0 Å². The first-order valence-corrected chi connectivity index (χ1v) is 5.91. The van der Waals surface area contributed by atoms with Crippen LogP contribution in [0.15, 0.2) is 29.2 Å². The standard InChI is InChI=1S/C12H17ClN2S/c1-15(2)8-7-11(16)12(14)9-3-5-10(13)6-4-9/h3-6,16H,7-8,14H2,1-2H3/b12-11-. The molecule has 0 radical (unpaired) electrons. The highest BCUT2D eigenvalue weighted by Gasteiger charge is 2.03. The van der Waals surface area contributed by atoms with Crippen molar-refractivity contribution in [3.8, 4) is 0 Å². The van der Waals surface area contributed by atoms with Crippen molar-refractivity contribution in [2.75, 3.05) is 20.6 Å². The number of nitrogens with two attached hydrogens (primary N) is 1. The molecule has 88 valence electrons. The van der Waals surface area contributed by atoms with Crippen LogP contribution in [0.25, 0.3) is 5.70 Å². The molecule has 1 aromatic rings. The van der Waals surface area contributed by atoms with E-state index in [4.69, 9.17) is 17.3 Å². The molecule has 0 atom stereocenters. The summed E-state index contributed by atoms with van der Waals surface area (Å²) in [6.07, 6.45) is 0.852. The molecule has 0 saturated carbocycles. The Labute approximate surface area is 107 Å². The van der Waals surface area contributed by atoms with Crippen molar-refractivity contribution in [1.82, 2.24) is 4.90 Å². The van der Waals surface area contributed by atoms with E-state index in [1.54, 1.807) is 0 Å². The molecule has 2 N–H and O–H groups in total. The lowest BCUT2D eigenvalue weighted by molar-refractivity contribution is 0.416. The fourth-order valence-electron chi connectivity index (χ4n) is 1.26. The molecule has 0 aromatic heterocycles. The van der Waals surface area contributed by atoms with E-state index in [1.807, 2.05) is 38.4 Å².